The predicted molar refractivity (Wildman–Crippen MR) is 133 cm³/mol. The topological polar surface area (TPSA) is 48.8 Å². The summed E-state index contributed by atoms with van der Waals surface area (Å²) >= 11 is 0. The number of amides is 1. The van der Waals surface area contributed by atoms with Crippen molar-refractivity contribution in [3.8, 4) is 0 Å². The van der Waals surface area contributed by atoms with Crippen molar-refractivity contribution in [2.24, 2.45) is 0 Å². The monoisotopic (exact) mass is 450 g/mol. The molecule has 2 fully saturated rings. The number of likely N-dealkylation sites (tertiary alicyclic amines) is 1. The van der Waals surface area contributed by atoms with Gasteiger partial charge in [0.25, 0.3) is 5.91 Å². The van der Waals surface area contributed by atoms with E-state index in [1.54, 1.807) is 6.07 Å². The van der Waals surface area contributed by atoms with Gasteiger partial charge in [0.15, 0.2) is 5.43 Å². The third-order valence-electron chi connectivity index (χ3n) is 7.17. The predicted octanol–water partition coefficient (Wildman–Crippen LogP) is 3.16. The van der Waals surface area contributed by atoms with Crippen LogP contribution in [0.25, 0.3) is 0 Å². The van der Waals surface area contributed by atoms with Gasteiger partial charge in [-0.2, -0.15) is 0 Å². The first-order valence-corrected chi connectivity index (χ1v) is 12.6. The van der Waals surface area contributed by atoms with E-state index in [2.05, 4.69) is 45.6 Å². The van der Waals surface area contributed by atoms with E-state index < -0.39 is 0 Å². The van der Waals surface area contributed by atoms with Crippen LogP contribution < -0.4 is 5.43 Å². The smallest absolute Gasteiger partial charge is 0.259 e. The van der Waals surface area contributed by atoms with Crippen LogP contribution in [-0.4, -0.2) is 71.0 Å². The third-order valence-corrected chi connectivity index (χ3v) is 7.17. The molecule has 178 valence electrons. The number of hydrogen-bond acceptors (Lipinski definition) is 4. The van der Waals surface area contributed by atoms with Crippen molar-refractivity contribution in [1.82, 2.24) is 19.3 Å². The molecule has 2 saturated heterocycles. The van der Waals surface area contributed by atoms with E-state index in [0.29, 0.717) is 25.1 Å². The van der Waals surface area contributed by atoms with Gasteiger partial charge in [0.2, 0.25) is 0 Å². The van der Waals surface area contributed by atoms with E-state index in [4.69, 9.17) is 0 Å². The zero-order chi connectivity index (χ0) is 23.2. The summed E-state index contributed by atoms with van der Waals surface area (Å²) in [5, 5.41) is 0. The van der Waals surface area contributed by atoms with Gasteiger partial charge in [0, 0.05) is 63.3 Å². The van der Waals surface area contributed by atoms with Crippen molar-refractivity contribution in [2.75, 3.05) is 45.8 Å². The maximum Gasteiger partial charge on any atom is 0.259 e. The van der Waals surface area contributed by atoms with Gasteiger partial charge in [-0.1, -0.05) is 43.7 Å². The molecule has 2 aromatic rings. The molecule has 0 saturated carbocycles. The van der Waals surface area contributed by atoms with E-state index in [9.17, 15) is 9.59 Å². The van der Waals surface area contributed by atoms with Gasteiger partial charge >= 0.3 is 0 Å². The Balaban J connectivity index is 1.46. The molecule has 0 radical (unpaired) electrons. The van der Waals surface area contributed by atoms with E-state index in [0.717, 1.165) is 57.2 Å². The summed E-state index contributed by atoms with van der Waals surface area (Å²) in [5.74, 6) is -0.0945. The highest BCUT2D eigenvalue weighted by Gasteiger charge is 2.27. The summed E-state index contributed by atoms with van der Waals surface area (Å²) in [6.07, 6.45) is 4.55. The lowest BCUT2D eigenvalue weighted by Crippen LogP contribution is -2.49. The number of aromatic nitrogens is 1. The highest BCUT2D eigenvalue weighted by atomic mass is 16.2. The number of nitrogens with zero attached hydrogens (tertiary/aromatic N) is 4. The highest BCUT2D eigenvalue weighted by Crippen LogP contribution is 2.16. The number of benzene rings is 1. The van der Waals surface area contributed by atoms with Crippen LogP contribution in [-0.2, 0) is 19.5 Å². The molecule has 3 heterocycles. The molecular formula is C27H38N4O2. The molecule has 0 aliphatic carbocycles. The lowest BCUT2D eigenvalue weighted by atomic mass is 10.1. The molecule has 0 spiro atoms. The molecule has 1 amide bonds. The summed E-state index contributed by atoms with van der Waals surface area (Å²) in [6.45, 7) is 12.0. The van der Waals surface area contributed by atoms with Crippen LogP contribution in [0.3, 0.4) is 0 Å². The van der Waals surface area contributed by atoms with E-state index in [-0.39, 0.29) is 11.3 Å². The number of pyridine rings is 1. The first-order chi connectivity index (χ1) is 16.1. The van der Waals surface area contributed by atoms with Crippen LogP contribution in [0.1, 0.15) is 53.5 Å². The molecule has 4 rings (SSSR count). The summed E-state index contributed by atoms with van der Waals surface area (Å²) in [5.41, 5.74) is 3.40. The average molecular weight is 451 g/mol. The molecule has 6 heteroatoms. The van der Waals surface area contributed by atoms with E-state index >= 15 is 0 Å². The quantitative estimate of drug-likeness (QED) is 0.650. The van der Waals surface area contributed by atoms with Gasteiger partial charge < -0.3 is 14.4 Å². The molecule has 2 aliphatic heterocycles. The second kappa shape index (κ2) is 11.1. The molecule has 1 aromatic carbocycles. The molecule has 1 aromatic heterocycles. The molecular weight excluding hydrogens is 412 g/mol. The largest absolute Gasteiger partial charge is 0.347 e. The number of piperidine rings is 1. The van der Waals surface area contributed by atoms with Gasteiger partial charge in [-0.15, -0.1) is 0 Å². The van der Waals surface area contributed by atoms with Crippen molar-refractivity contribution in [2.45, 2.75) is 52.6 Å². The van der Waals surface area contributed by atoms with Crippen LogP contribution in [0, 0.1) is 6.92 Å². The molecule has 0 atom stereocenters. The Morgan fingerprint density at radius 3 is 2.24 bits per heavy atom. The Labute approximate surface area is 197 Å². The molecule has 2 aliphatic rings. The van der Waals surface area contributed by atoms with Crippen LogP contribution in [0.2, 0.25) is 0 Å². The number of rotatable bonds is 7. The van der Waals surface area contributed by atoms with Gasteiger partial charge in [0.1, 0.15) is 5.56 Å². The van der Waals surface area contributed by atoms with Gasteiger partial charge in [-0.3, -0.25) is 14.5 Å². The fourth-order valence-corrected chi connectivity index (χ4v) is 5.27. The minimum Gasteiger partial charge on any atom is -0.347 e. The van der Waals surface area contributed by atoms with Gasteiger partial charge in [-0.25, -0.2) is 0 Å². The van der Waals surface area contributed by atoms with Crippen molar-refractivity contribution in [3.63, 3.8) is 0 Å². The highest BCUT2D eigenvalue weighted by molar-refractivity contribution is 5.95. The normalized spacial score (nSPS) is 17.9. The summed E-state index contributed by atoms with van der Waals surface area (Å²) in [6, 6.07) is 12.1. The molecule has 0 bridgehead atoms. The van der Waals surface area contributed by atoms with Crippen LogP contribution in [0.4, 0.5) is 0 Å². The number of piperazine rings is 1. The maximum absolute atomic E-state index is 13.5. The molecule has 0 unspecified atom stereocenters. The first-order valence-electron chi connectivity index (χ1n) is 12.6. The average Bonchev–Trinajstić information content (AvgIpc) is 2.84. The lowest BCUT2D eigenvalue weighted by Gasteiger charge is -2.35. The summed E-state index contributed by atoms with van der Waals surface area (Å²) < 4.78 is 2.22. The Morgan fingerprint density at radius 2 is 1.58 bits per heavy atom. The van der Waals surface area contributed by atoms with Crippen LogP contribution in [0.5, 0.6) is 0 Å². The standard InChI is InChI=1S/C27H38N4O2/c1-3-24-26(25(32)20-22(2)31(24)19-16-28-12-8-5-9-13-28)27(33)30-17-14-29(15-18-30)21-23-10-6-4-7-11-23/h4,6-7,10-11,20H,3,5,8-9,12-19,21H2,1-2H3. The number of carbonyl (C=O) groups excluding carboxylic acids is 1. The Morgan fingerprint density at radius 1 is 0.879 bits per heavy atom. The zero-order valence-corrected chi connectivity index (χ0v) is 20.3. The van der Waals surface area contributed by atoms with Crippen LogP contribution in [0.15, 0.2) is 41.2 Å². The summed E-state index contributed by atoms with van der Waals surface area (Å²) in [4.78, 5) is 33.3. The van der Waals surface area contributed by atoms with E-state index in [1.165, 1.54) is 24.8 Å². The Hall–Kier alpha value is -2.44. The van der Waals surface area contributed by atoms with E-state index in [1.807, 2.05) is 17.9 Å². The Kier molecular flexibility index (Phi) is 7.99. The second-order valence-electron chi connectivity index (χ2n) is 9.43. The van der Waals surface area contributed by atoms with Gasteiger partial charge in [-0.05, 0) is 44.8 Å². The Bertz CT molecular complexity index is 987. The molecule has 6 nitrogen and oxygen atoms in total. The molecule has 0 N–H and O–H groups in total. The number of hydrogen-bond donors (Lipinski definition) is 0. The fourth-order valence-electron chi connectivity index (χ4n) is 5.27. The third kappa shape index (κ3) is 5.74. The van der Waals surface area contributed by atoms with Crippen LogP contribution >= 0.6 is 0 Å². The van der Waals surface area contributed by atoms with Crippen molar-refractivity contribution in [3.05, 3.63) is 69.1 Å². The number of aryl methyl sites for hydroxylation is 1. The minimum atomic E-state index is -0.129. The second-order valence-corrected chi connectivity index (χ2v) is 9.43. The zero-order valence-electron chi connectivity index (χ0n) is 20.3. The minimum absolute atomic E-state index is 0.0945. The summed E-state index contributed by atoms with van der Waals surface area (Å²) in [7, 11) is 0. The number of carbonyl (C=O) groups is 1. The van der Waals surface area contributed by atoms with Crippen molar-refractivity contribution in [1.29, 1.82) is 0 Å². The molecule has 33 heavy (non-hydrogen) atoms. The van der Waals surface area contributed by atoms with Gasteiger partial charge in [0.05, 0.1) is 0 Å². The fraction of sp³-hybridized carbons (Fsp3) is 0.556. The van der Waals surface area contributed by atoms with Crippen molar-refractivity contribution >= 4 is 5.91 Å². The lowest BCUT2D eigenvalue weighted by molar-refractivity contribution is 0.0625. The first kappa shape index (κ1) is 23.7. The van der Waals surface area contributed by atoms with Crippen molar-refractivity contribution < 1.29 is 4.79 Å². The maximum atomic E-state index is 13.5. The SMILES string of the molecule is CCc1c(C(=O)N2CCN(Cc3ccccc3)CC2)c(=O)cc(C)n1CCN1CCCCC1.